The van der Waals surface area contributed by atoms with Crippen molar-refractivity contribution in [3.05, 3.63) is 51.3 Å². The number of hydrogen-bond donors (Lipinski definition) is 2. The summed E-state index contributed by atoms with van der Waals surface area (Å²) in [7, 11) is -3.29. The van der Waals surface area contributed by atoms with Gasteiger partial charge in [0.05, 0.1) is 28.8 Å². The number of pyridine rings is 1. The summed E-state index contributed by atoms with van der Waals surface area (Å²) < 4.78 is 24.5. The van der Waals surface area contributed by atoms with E-state index in [2.05, 4.69) is 4.99 Å². The summed E-state index contributed by atoms with van der Waals surface area (Å²) in [6.45, 7) is 1.51. The first-order valence-corrected chi connectivity index (χ1v) is 9.97. The highest BCUT2D eigenvalue weighted by Gasteiger charge is 2.33. The van der Waals surface area contributed by atoms with Crippen molar-refractivity contribution < 1.29 is 18.6 Å². The van der Waals surface area contributed by atoms with Crippen molar-refractivity contribution in [3.8, 4) is 17.7 Å². The van der Waals surface area contributed by atoms with Crippen molar-refractivity contribution in [3.63, 3.8) is 0 Å². The van der Waals surface area contributed by atoms with E-state index in [1.807, 2.05) is 6.07 Å². The van der Waals surface area contributed by atoms with Gasteiger partial charge in [-0.05, 0) is 31.0 Å². The van der Waals surface area contributed by atoms with Crippen molar-refractivity contribution in [2.45, 2.75) is 19.4 Å². The van der Waals surface area contributed by atoms with Gasteiger partial charge in [0, 0.05) is 12.3 Å². The largest absolute Gasteiger partial charge is 0.508 e. The maximum absolute atomic E-state index is 12.6. The zero-order valence-electron chi connectivity index (χ0n) is 14.5. The maximum Gasteiger partial charge on any atom is 0.271 e. The van der Waals surface area contributed by atoms with Crippen LogP contribution in [0.5, 0.6) is 11.6 Å². The van der Waals surface area contributed by atoms with Crippen LogP contribution in [0.2, 0.25) is 0 Å². The van der Waals surface area contributed by atoms with Crippen LogP contribution in [0, 0.1) is 18.3 Å². The highest BCUT2D eigenvalue weighted by molar-refractivity contribution is 7.91. The van der Waals surface area contributed by atoms with E-state index >= 15 is 0 Å². The highest BCUT2D eigenvalue weighted by atomic mass is 32.2. The van der Waals surface area contributed by atoms with Crippen LogP contribution in [0.1, 0.15) is 29.2 Å². The summed E-state index contributed by atoms with van der Waals surface area (Å²) in [5, 5.41) is 29.5. The number of aromatic nitrogens is 1. The van der Waals surface area contributed by atoms with Gasteiger partial charge in [0.1, 0.15) is 17.4 Å². The number of phenolic OH excluding ortho intramolecular Hbond substituents is 1. The Kier molecular flexibility index (Phi) is 4.76. The number of phenols is 1. The van der Waals surface area contributed by atoms with E-state index in [0.717, 1.165) is 4.57 Å². The lowest BCUT2D eigenvalue weighted by Crippen LogP contribution is -2.29. The first kappa shape index (κ1) is 18.7. The number of rotatable bonds is 3. The number of nitrogens with zero attached hydrogens (tertiary/aromatic N) is 3. The fraction of sp³-hybridized carbons (Fsp3) is 0.278. The molecule has 0 unspecified atom stereocenters. The monoisotopic (exact) mass is 387 g/mol. The minimum absolute atomic E-state index is 0.0180. The SMILES string of the molecule is Cc1c(C=Nc2cccc(O)c2)c(O)n([C@@H]2CCS(=O)(=O)C2)c(=O)c1C#N. The van der Waals surface area contributed by atoms with Crippen LogP contribution in [0.15, 0.2) is 34.1 Å². The quantitative estimate of drug-likeness (QED) is 0.768. The van der Waals surface area contributed by atoms with Crippen LogP contribution in [0.4, 0.5) is 5.69 Å². The Morgan fingerprint density at radius 2 is 2.11 bits per heavy atom. The van der Waals surface area contributed by atoms with Gasteiger partial charge in [-0.2, -0.15) is 5.26 Å². The predicted molar refractivity (Wildman–Crippen MR) is 99.5 cm³/mol. The van der Waals surface area contributed by atoms with E-state index in [1.165, 1.54) is 25.3 Å². The molecule has 2 aromatic rings. The topological polar surface area (TPSA) is 133 Å². The molecule has 1 aromatic carbocycles. The summed E-state index contributed by atoms with van der Waals surface area (Å²) in [5.74, 6) is -0.754. The summed E-state index contributed by atoms with van der Waals surface area (Å²) >= 11 is 0. The number of hydrogen-bond acceptors (Lipinski definition) is 7. The van der Waals surface area contributed by atoms with Crippen LogP contribution in [0.25, 0.3) is 0 Å². The molecule has 1 atom stereocenters. The molecule has 1 aliphatic rings. The minimum Gasteiger partial charge on any atom is -0.508 e. The number of aromatic hydroxyl groups is 2. The molecule has 3 rings (SSSR count). The Bertz CT molecular complexity index is 1140. The van der Waals surface area contributed by atoms with E-state index < -0.39 is 27.3 Å². The zero-order valence-corrected chi connectivity index (χ0v) is 15.3. The predicted octanol–water partition coefficient (Wildman–Crippen LogP) is 1.55. The summed E-state index contributed by atoms with van der Waals surface area (Å²) in [4.78, 5) is 16.8. The summed E-state index contributed by atoms with van der Waals surface area (Å²) in [6, 6.07) is 7.22. The van der Waals surface area contributed by atoms with Crippen LogP contribution in [-0.4, -0.2) is 40.9 Å². The molecular weight excluding hydrogens is 370 g/mol. The lowest BCUT2D eigenvalue weighted by atomic mass is 10.0. The third-order valence-electron chi connectivity index (χ3n) is 4.54. The molecule has 2 heterocycles. The Balaban J connectivity index is 2.16. The summed E-state index contributed by atoms with van der Waals surface area (Å²) in [5.41, 5.74) is -0.0770. The number of aliphatic imine (C=N–C) groups is 1. The number of sulfone groups is 1. The number of benzene rings is 1. The van der Waals surface area contributed by atoms with Gasteiger partial charge in [0.25, 0.3) is 5.56 Å². The smallest absolute Gasteiger partial charge is 0.271 e. The average Bonchev–Trinajstić information content (AvgIpc) is 2.94. The zero-order chi connectivity index (χ0) is 19.8. The molecule has 1 fully saturated rings. The minimum atomic E-state index is -3.29. The molecule has 8 nitrogen and oxygen atoms in total. The molecule has 9 heteroatoms. The molecule has 0 aliphatic carbocycles. The van der Waals surface area contributed by atoms with Crippen LogP contribution < -0.4 is 5.56 Å². The van der Waals surface area contributed by atoms with Crippen LogP contribution >= 0.6 is 0 Å². The third-order valence-corrected chi connectivity index (χ3v) is 6.29. The van der Waals surface area contributed by atoms with Gasteiger partial charge in [-0.15, -0.1) is 0 Å². The van der Waals surface area contributed by atoms with Gasteiger partial charge >= 0.3 is 0 Å². The van der Waals surface area contributed by atoms with Crippen molar-refractivity contribution in [2.75, 3.05) is 11.5 Å². The van der Waals surface area contributed by atoms with E-state index in [0.29, 0.717) is 5.69 Å². The van der Waals surface area contributed by atoms with Crippen LogP contribution in [-0.2, 0) is 9.84 Å². The van der Waals surface area contributed by atoms with Crippen molar-refractivity contribution in [1.29, 1.82) is 5.26 Å². The van der Waals surface area contributed by atoms with E-state index in [-0.39, 0.29) is 40.4 Å². The fourth-order valence-electron chi connectivity index (χ4n) is 3.13. The average molecular weight is 387 g/mol. The highest BCUT2D eigenvalue weighted by Crippen LogP contribution is 2.30. The van der Waals surface area contributed by atoms with Gasteiger partial charge in [-0.3, -0.25) is 14.4 Å². The molecule has 1 saturated heterocycles. The Labute approximate surface area is 155 Å². The third kappa shape index (κ3) is 3.57. The normalized spacial score (nSPS) is 18.6. The molecule has 0 saturated carbocycles. The van der Waals surface area contributed by atoms with Crippen LogP contribution in [0.3, 0.4) is 0 Å². The second-order valence-corrected chi connectivity index (χ2v) is 8.59. The molecule has 0 amide bonds. The number of nitriles is 1. The molecule has 0 bridgehead atoms. The first-order valence-electron chi connectivity index (χ1n) is 8.15. The van der Waals surface area contributed by atoms with Gasteiger partial charge in [-0.1, -0.05) is 6.07 Å². The molecular formula is C18H17N3O5S. The Hall–Kier alpha value is -3.12. The maximum atomic E-state index is 12.6. The molecule has 140 valence electrons. The Morgan fingerprint density at radius 3 is 2.70 bits per heavy atom. The molecule has 1 aliphatic heterocycles. The van der Waals surface area contributed by atoms with E-state index in [4.69, 9.17) is 0 Å². The van der Waals surface area contributed by atoms with Crippen molar-refractivity contribution >= 4 is 21.7 Å². The molecule has 0 spiro atoms. The standard InChI is InChI=1S/C18H17N3O5S/c1-11-15(8-19)17(23)21(13-5-6-27(25,26)10-13)18(24)16(11)9-20-12-3-2-4-14(22)7-12/h2-4,7,9,13,22,24H,5-6,10H2,1H3/t13-/m1/s1. The van der Waals surface area contributed by atoms with Gasteiger partial charge in [0.15, 0.2) is 9.84 Å². The lowest BCUT2D eigenvalue weighted by Gasteiger charge is -2.18. The van der Waals surface area contributed by atoms with Crippen molar-refractivity contribution in [2.24, 2.45) is 4.99 Å². The van der Waals surface area contributed by atoms with Crippen molar-refractivity contribution in [1.82, 2.24) is 4.57 Å². The lowest BCUT2D eigenvalue weighted by molar-refractivity contribution is 0.379. The second-order valence-electron chi connectivity index (χ2n) is 6.36. The van der Waals surface area contributed by atoms with Gasteiger partial charge in [-0.25, -0.2) is 8.42 Å². The first-order chi connectivity index (χ1) is 12.7. The van der Waals surface area contributed by atoms with Gasteiger partial charge < -0.3 is 10.2 Å². The molecule has 27 heavy (non-hydrogen) atoms. The van der Waals surface area contributed by atoms with E-state index in [1.54, 1.807) is 12.1 Å². The van der Waals surface area contributed by atoms with E-state index in [9.17, 15) is 28.7 Å². The van der Waals surface area contributed by atoms with Gasteiger partial charge in [0.2, 0.25) is 5.88 Å². The summed E-state index contributed by atoms with van der Waals surface area (Å²) in [6.07, 6.45) is 1.48. The fourth-order valence-corrected chi connectivity index (χ4v) is 4.83. The second kappa shape index (κ2) is 6.89. The molecule has 1 aromatic heterocycles. The Morgan fingerprint density at radius 1 is 1.37 bits per heavy atom. The molecule has 0 radical (unpaired) electrons. The molecule has 2 N–H and O–H groups in total.